The molecule has 1 aromatic carbocycles. The molecule has 1 fully saturated rings. The van der Waals surface area contributed by atoms with Crippen molar-refractivity contribution < 1.29 is 9.13 Å². The molecule has 0 spiro atoms. The molecule has 0 aliphatic carbocycles. The summed E-state index contributed by atoms with van der Waals surface area (Å²) in [5.74, 6) is 1.18. The highest BCUT2D eigenvalue weighted by molar-refractivity contribution is 5.29. The van der Waals surface area contributed by atoms with Crippen LogP contribution in [0.1, 0.15) is 17.5 Å². The van der Waals surface area contributed by atoms with Gasteiger partial charge in [-0.3, -0.25) is 9.88 Å². The van der Waals surface area contributed by atoms with E-state index in [4.69, 9.17) is 4.74 Å². The molecule has 3 rings (SSSR count). The molecule has 1 saturated heterocycles. The van der Waals surface area contributed by atoms with Gasteiger partial charge in [0.1, 0.15) is 11.6 Å². The van der Waals surface area contributed by atoms with E-state index in [0.717, 1.165) is 25.9 Å². The first kappa shape index (κ1) is 15.0. The Morgan fingerprint density at radius 2 is 2.27 bits per heavy atom. The minimum absolute atomic E-state index is 0.156. The molecule has 0 N–H and O–H groups in total. The fraction of sp³-hybridized carbons (Fsp3) is 0.389. The van der Waals surface area contributed by atoms with Crippen LogP contribution in [0.4, 0.5) is 4.39 Å². The summed E-state index contributed by atoms with van der Waals surface area (Å²) in [6.45, 7) is 2.67. The van der Waals surface area contributed by atoms with E-state index in [-0.39, 0.29) is 5.82 Å². The van der Waals surface area contributed by atoms with Crippen molar-refractivity contribution >= 4 is 0 Å². The van der Waals surface area contributed by atoms with Crippen molar-refractivity contribution in [1.82, 2.24) is 9.88 Å². The number of aromatic nitrogens is 1. The smallest absolute Gasteiger partial charge is 0.127 e. The van der Waals surface area contributed by atoms with Crippen LogP contribution in [0.25, 0.3) is 0 Å². The molecule has 22 heavy (non-hydrogen) atoms. The summed E-state index contributed by atoms with van der Waals surface area (Å²) in [6, 6.07) is 9.04. The molecule has 2 aromatic rings. The SMILES string of the molecule is COc1ccc(F)c(CN2CCC(Cc3cccnc3)C2)c1. The largest absolute Gasteiger partial charge is 0.497 e. The molecular formula is C18H21FN2O. The van der Waals surface area contributed by atoms with Crippen molar-refractivity contribution in [2.75, 3.05) is 20.2 Å². The number of pyridine rings is 1. The van der Waals surface area contributed by atoms with Gasteiger partial charge < -0.3 is 4.74 Å². The molecule has 0 radical (unpaired) electrons. The molecule has 0 bridgehead atoms. The molecule has 1 aliphatic heterocycles. The maximum atomic E-state index is 13.9. The minimum atomic E-state index is -0.156. The first-order valence-corrected chi connectivity index (χ1v) is 7.68. The van der Waals surface area contributed by atoms with E-state index in [0.29, 0.717) is 23.8 Å². The van der Waals surface area contributed by atoms with Crippen LogP contribution in [0.15, 0.2) is 42.7 Å². The fourth-order valence-electron chi connectivity index (χ4n) is 3.12. The van der Waals surface area contributed by atoms with Gasteiger partial charge in [0.25, 0.3) is 0 Å². The predicted molar refractivity (Wildman–Crippen MR) is 84.3 cm³/mol. The summed E-state index contributed by atoms with van der Waals surface area (Å²) in [5.41, 5.74) is 1.99. The molecule has 0 amide bonds. The molecule has 2 heterocycles. The zero-order chi connectivity index (χ0) is 15.4. The first-order valence-electron chi connectivity index (χ1n) is 7.68. The summed E-state index contributed by atoms with van der Waals surface area (Å²) < 4.78 is 19.1. The van der Waals surface area contributed by atoms with E-state index < -0.39 is 0 Å². The third-order valence-corrected chi connectivity index (χ3v) is 4.26. The standard InChI is InChI=1S/C18H21FN2O/c1-22-17-4-5-18(19)16(10-17)13-21-8-6-15(12-21)9-14-3-2-7-20-11-14/h2-5,7,10-11,15H,6,8-9,12-13H2,1H3. The quantitative estimate of drug-likeness (QED) is 0.847. The molecule has 4 heteroatoms. The zero-order valence-electron chi connectivity index (χ0n) is 12.8. The highest BCUT2D eigenvalue weighted by Gasteiger charge is 2.23. The second-order valence-electron chi connectivity index (χ2n) is 5.91. The Hall–Kier alpha value is -1.94. The lowest BCUT2D eigenvalue weighted by molar-refractivity contribution is 0.310. The van der Waals surface area contributed by atoms with Crippen LogP contribution >= 0.6 is 0 Å². The van der Waals surface area contributed by atoms with Gasteiger partial charge in [0.05, 0.1) is 7.11 Å². The summed E-state index contributed by atoms with van der Waals surface area (Å²) in [4.78, 5) is 6.49. The summed E-state index contributed by atoms with van der Waals surface area (Å²) in [7, 11) is 1.61. The van der Waals surface area contributed by atoms with Crippen LogP contribution in [-0.4, -0.2) is 30.1 Å². The Labute approximate surface area is 130 Å². The van der Waals surface area contributed by atoms with Gasteiger partial charge in [0.15, 0.2) is 0 Å². The van der Waals surface area contributed by atoms with Gasteiger partial charge >= 0.3 is 0 Å². The topological polar surface area (TPSA) is 25.4 Å². The molecule has 116 valence electrons. The highest BCUT2D eigenvalue weighted by Crippen LogP contribution is 2.24. The van der Waals surface area contributed by atoms with Crippen molar-refractivity contribution in [3.8, 4) is 5.75 Å². The second kappa shape index (κ2) is 6.88. The summed E-state index contributed by atoms with van der Waals surface area (Å²) in [5, 5.41) is 0. The monoisotopic (exact) mass is 300 g/mol. The van der Waals surface area contributed by atoms with Gasteiger partial charge in [-0.2, -0.15) is 0 Å². The average molecular weight is 300 g/mol. The van der Waals surface area contributed by atoms with E-state index in [1.807, 2.05) is 12.3 Å². The normalized spacial score (nSPS) is 18.5. The van der Waals surface area contributed by atoms with Crippen molar-refractivity contribution in [3.05, 3.63) is 59.7 Å². The maximum Gasteiger partial charge on any atom is 0.127 e. The van der Waals surface area contributed by atoms with Crippen LogP contribution in [0, 0.1) is 11.7 Å². The lowest BCUT2D eigenvalue weighted by Gasteiger charge is -2.17. The lowest BCUT2D eigenvalue weighted by atomic mass is 10.00. The molecule has 1 aromatic heterocycles. The number of halogens is 1. The Kier molecular flexibility index (Phi) is 4.68. The maximum absolute atomic E-state index is 13.9. The molecule has 3 nitrogen and oxygen atoms in total. The summed E-state index contributed by atoms with van der Waals surface area (Å²) in [6.07, 6.45) is 5.94. The van der Waals surface area contributed by atoms with Crippen LogP contribution in [0.3, 0.4) is 0 Å². The highest BCUT2D eigenvalue weighted by atomic mass is 19.1. The molecular weight excluding hydrogens is 279 g/mol. The number of ether oxygens (including phenoxy) is 1. The van der Waals surface area contributed by atoms with Crippen molar-refractivity contribution in [2.24, 2.45) is 5.92 Å². The number of rotatable bonds is 5. The van der Waals surface area contributed by atoms with E-state index >= 15 is 0 Å². The number of hydrogen-bond donors (Lipinski definition) is 0. The first-order chi connectivity index (χ1) is 10.7. The number of nitrogens with zero attached hydrogens (tertiary/aromatic N) is 2. The van der Waals surface area contributed by atoms with Crippen LogP contribution in [0.2, 0.25) is 0 Å². The van der Waals surface area contributed by atoms with E-state index in [2.05, 4.69) is 16.0 Å². The third-order valence-electron chi connectivity index (χ3n) is 4.26. The lowest BCUT2D eigenvalue weighted by Crippen LogP contribution is -2.21. The average Bonchev–Trinajstić information content (AvgIpc) is 2.97. The third kappa shape index (κ3) is 3.63. The van der Waals surface area contributed by atoms with E-state index in [1.54, 1.807) is 25.4 Å². The number of benzene rings is 1. The molecule has 1 aliphatic rings. The molecule has 1 unspecified atom stereocenters. The van der Waals surface area contributed by atoms with Gasteiger partial charge in [-0.25, -0.2) is 4.39 Å². The predicted octanol–water partition coefficient (Wildman–Crippen LogP) is 3.29. The van der Waals surface area contributed by atoms with Crippen LogP contribution in [-0.2, 0) is 13.0 Å². The second-order valence-corrected chi connectivity index (χ2v) is 5.91. The van der Waals surface area contributed by atoms with Gasteiger partial charge in [-0.1, -0.05) is 6.07 Å². The van der Waals surface area contributed by atoms with Gasteiger partial charge in [-0.05, 0) is 55.1 Å². The Morgan fingerprint density at radius 3 is 3.05 bits per heavy atom. The van der Waals surface area contributed by atoms with Crippen molar-refractivity contribution in [1.29, 1.82) is 0 Å². The van der Waals surface area contributed by atoms with Crippen molar-refractivity contribution in [2.45, 2.75) is 19.4 Å². The Balaban J connectivity index is 1.59. The van der Waals surface area contributed by atoms with Crippen LogP contribution in [0.5, 0.6) is 5.75 Å². The molecule has 0 saturated carbocycles. The fourth-order valence-corrected chi connectivity index (χ4v) is 3.12. The number of hydrogen-bond acceptors (Lipinski definition) is 3. The summed E-state index contributed by atoms with van der Waals surface area (Å²) >= 11 is 0. The minimum Gasteiger partial charge on any atom is -0.497 e. The van der Waals surface area contributed by atoms with Gasteiger partial charge in [-0.15, -0.1) is 0 Å². The number of likely N-dealkylation sites (tertiary alicyclic amines) is 1. The zero-order valence-corrected chi connectivity index (χ0v) is 12.8. The van der Waals surface area contributed by atoms with Crippen molar-refractivity contribution in [3.63, 3.8) is 0 Å². The number of methoxy groups -OCH3 is 1. The Morgan fingerprint density at radius 1 is 1.36 bits per heavy atom. The Bertz CT molecular complexity index is 618. The van der Waals surface area contributed by atoms with Crippen LogP contribution < -0.4 is 4.74 Å². The molecule has 1 atom stereocenters. The van der Waals surface area contributed by atoms with E-state index in [9.17, 15) is 4.39 Å². The van der Waals surface area contributed by atoms with Gasteiger partial charge in [0, 0.05) is 31.0 Å². The van der Waals surface area contributed by atoms with Gasteiger partial charge in [0.2, 0.25) is 0 Å². The van der Waals surface area contributed by atoms with E-state index in [1.165, 1.54) is 11.6 Å².